The number of hydrogen-bond donors (Lipinski definition) is 2. The minimum Gasteiger partial charge on any atom is -0.335 e. The first-order valence-corrected chi connectivity index (χ1v) is 8.75. The first kappa shape index (κ1) is 18.2. The van der Waals surface area contributed by atoms with E-state index in [0.717, 1.165) is 11.8 Å². The maximum atomic E-state index is 13.4. The van der Waals surface area contributed by atoms with E-state index in [0.29, 0.717) is 27.4 Å². The van der Waals surface area contributed by atoms with Gasteiger partial charge in [0.05, 0.1) is 10.3 Å². The topological polar surface area (TPSA) is 98.7 Å². The van der Waals surface area contributed by atoms with E-state index in [2.05, 4.69) is 20.5 Å². The Bertz CT molecular complexity index is 933. The number of halogens is 2. The molecule has 3 aromatic rings. The van der Waals surface area contributed by atoms with Gasteiger partial charge in [0.2, 0.25) is 11.1 Å². The zero-order valence-electron chi connectivity index (χ0n) is 13.6. The summed E-state index contributed by atoms with van der Waals surface area (Å²) < 4.78 is 14.6. The molecule has 26 heavy (non-hydrogen) atoms. The zero-order valence-corrected chi connectivity index (χ0v) is 15.1. The number of thioether (sulfide) groups is 1. The Labute approximate surface area is 157 Å². The van der Waals surface area contributed by atoms with Gasteiger partial charge >= 0.3 is 0 Å². The van der Waals surface area contributed by atoms with E-state index in [1.807, 2.05) is 0 Å². The van der Waals surface area contributed by atoms with E-state index in [9.17, 15) is 9.18 Å². The number of aromatic nitrogens is 4. The van der Waals surface area contributed by atoms with Crippen LogP contribution in [-0.2, 0) is 4.79 Å². The molecule has 0 aliphatic carbocycles. The highest BCUT2D eigenvalue weighted by Gasteiger charge is 2.20. The molecular formula is C16H14ClFN6OS. The van der Waals surface area contributed by atoms with Gasteiger partial charge in [-0.25, -0.2) is 14.1 Å². The fourth-order valence-corrected chi connectivity index (χ4v) is 2.95. The maximum absolute atomic E-state index is 13.4. The van der Waals surface area contributed by atoms with Crippen molar-refractivity contribution in [3.8, 4) is 11.4 Å². The van der Waals surface area contributed by atoms with Crippen LogP contribution in [-0.4, -0.2) is 31.0 Å². The Morgan fingerprint density at radius 2 is 2.15 bits per heavy atom. The SMILES string of the molecule is C[C@H](Sc1nnc(-c2cccc(F)c2)n1N)C(=O)Nc1ccc(Cl)cn1. The lowest BCUT2D eigenvalue weighted by molar-refractivity contribution is -0.115. The predicted octanol–water partition coefficient (Wildman–Crippen LogP) is 2.97. The summed E-state index contributed by atoms with van der Waals surface area (Å²) in [7, 11) is 0. The monoisotopic (exact) mass is 392 g/mol. The first-order chi connectivity index (χ1) is 12.4. The fourth-order valence-electron chi connectivity index (χ4n) is 2.07. The summed E-state index contributed by atoms with van der Waals surface area (Å²) in [4.78, 5) is 16.3. The van der Waals surface area contributed by atoms with Crippen molar-refractivity contribution in [1.29, 1.82) is 0 Å². The molecule has 7 nitrogen and oxygen atoms in total. The van der Waals surface area contributed by atoms with E-state index in [1.165, 1.54) is 23.0 Å². The van der Waals surface area contributed by atoms with Crippen LogP contribution in [0.1, 0.15) is 6.92 Å². The van der Waals surface area contributed by atoms with Gasteiger partial charge in [0, 0.05) is 11.8 Å². The van der Waals surface area contributed by atoms with Crippen LogP contribution in [0.2, 0.25) is 5.02 Å². The number of nitrogens with zero attached hydrogens (tertiary/aromatic N) is 4. The third-order valence-corrected chi connectivity index (χ3v) is 4.66. The van der Waals surface area contributed by atoms with Crippen LogP contribution in [0.15, 0.2) is 47.8 Å². The van der Waals surface area contributed by atoms with Gasteiger partial charge in [-0.05, 0) is 31.2 Å². The zero-order chi connectivity index (χ0) is 18.7. The first-order valence-electron chi connectivity index (χ1n) is 7.49. The summed E-state index contributed by atoms with van der Waals surface area (Å²) in [6.45, 7) is 1.70. The van der Waals surface area contributed by atoms with Crippen molar-refractivity contribution >= 4 is 35.1 Å². The Morgan fingerprint density at radius 1 is 1.35 bits per heavy atom. The van der Waals surface area contributed by atoms with Crippen LogP contribution >= 0.6 is 23.4 Å². The second-order valence-electron chi connectivity index (χ2n) is 5.30. The molecule has 2 heterocycles. The number of nitrogens with one attached hydrogen (secondary N) is 1. The summed E-state index contributed by atoms with van der Waals surface area (Å²) in [5.74, 6) is 6.01. The number of amides is 1. The molecular weight excluding hydrogens is 379 g/mol. The molecule has 1 atom stereocenters. The third kappa shape index (κ3) is 4.12. The van der Waals surface area contributed by atoms with Crippen molar-refractivity contribution < 1.29 is 9.18 Å². The van der Waals surface area contributed by atoms with E-state index in [1.54, 1.807) is 31.2 Å². The number of carbonyl (C=O) groups is 1. The minimum atomic E-state index is -0.515. The van der Waals surface area contributed by atoms with E-state index < -0.39 is 11.1 Å². The lowest BCUT2D eigenvalue weighted by Crippen LogP contribution is -2.24. The molecule has 0 unspecified atom stereocenters. The Hall–Kier alpha value is -2.65. The van der Waals surface area contributed by atoms with Crippen molar-refractivity contribution in [2.45, 2.75) is 17.3 Å². The number of pyridine rings is 1. The highest BCUT2D eigenvalue weighted by atomic mass is 35.5. The number of nitrogens with two attached hydrogens (primary N) is 1. The summed E-state index contributed by atoms with van der Waals surface area (Å²) in [6.07, 6.45) is 1.44. The normalized spacial score (nSPS) is 12.0. The highest BCUT2D eigenvalue weighted by Crippen LogP contribution is 2.25. The molecule has 1 aromatic carbocycles. The Balaban J connectivity index is 1.70. The summed E-state index contributed by atoms with van der Waals surface area (Å²) in [6, 6.07) is 9.10. The van der Waals surface area contributed by atoms with E-state index in [4.69, 9.17) is 17.4 Å². The summed E-state index contributed by atoms with van der Waals surface area (Å²) >= 11 is 6.89. The molecule has 134 valence electrons. The van der Waals surface area contributed by atoms with Crippen molar-refractivity contribution in [2.24, 2.45) is 0 Å². The van der Waals surface area contributed by atoms with Crippen LogP contribution < -0.4 is 11.2 Å². The fraction of sp³-hybridized carbons (Fsp3) is 0.125. The number of carbonyl (C=O) groups excluding carboxylic acids is 1. The van der Waals surface area contributed by atoms with Gasteiger partial charge in [-0.2, -0.15) is 0 Å². The van der Waals surface area contributed by atoms with Gasteiger partial charge in [0.15, 0.2) is 5.82 Å². The smallest absolute Gasteiger partial charge is 0.238 e. The molecule has 1 amide bonds. The number of anilines is 1. The average molecular weight is 393 g/mol. The number of rotatable bonds is 5. The molecule has 0 saturated carbocycles. The van der Waals surface area contributed by atoms with Crippen molar-refractivity contribution in [3.63, 3.8) is 0 Å². The quantitative estimate of drug-likeness (QED) is 0.511. The average Bonchev–Trinajstić information content (AvgIpc) is 2.97. The number of benzene rings is 1. The van der Waals surface area contributed by atoms with Crippen LogP contribution in [0.3, 0.4) is 0 Å². The Kier molecular flexibility index (Phi) is 5.38. The maximum Gasteiger partial charge on any atom is 0.238 e. The van der Waals surface area contributed by atoms with Gasteiger partial charge in [-0.15, -0.1) is 10.2 Å². The van der Waals surface area contributed by atoms with Crippen molar-refractivity contribution in [3.05, 3.63) is 53.4 Å². The third-order valence-electron chi connectivity index (χ3n) is 3.38. The molecule has 0 fully saturated rings. The predicted molar refractivity (Wildman–Crippen MR) is 98.8 cm³/mol. The molecule has 2 aromatic heterocycles. The van der Waals surface area contributed by atoms with Crippen LogP contribution in [0.4, 0.5) is 10.2 Å². The second-order valence-corrected chi connectivity index (χ2v) is 7.04. The summed E-state index contributed by atoms with van der Waals surface area (Å²) in [5, 5.41) is 10.9. The molecule has 10 heteroatoms. The van der Waals surface area contributed by atoms with Gasteiger partial charge in [-0.3, -0.25) is 4.79 Å². The second kappa shape index (κ2) is 7.71. The van der Waals surface area contributed by atoms with E-state index >= 15 is 0 Å². The number of hydrogen-bond acceptors (Lipinski definition) is 6. The lowest BCUT2D eigenvalue weighted by atomic mass is 10.2. The molecule has 0 aliphatic rings. The molecule has 0 bridgehead atoms. The summed E-state index contributed by atoms with van der Waals surface area (Å²) in [5.41, 5.74) is 0.495. The van der Waals surface area contributed by atoms with Crippen molar-refractivity contribution in [1.82, 2.24) is 19.9 Å². The highest BCUT2D eigenvalue weighted by molar-refractivity contribution is 8.00. The molecule has 0 aliphatic heterocycles. The van der Waals surface area contributed by atoms with Gasteiger partial charge in [0.1, 0.15) is 11.6 Å². The largest absolute Gasteiger partial charge is 0.335 e. The minimum absolute atomic E-state index is 0.278. The molecule has 3 rings (SSSR count). The molecule has 0 radical (unpaired) electrons. The molecule has 0 saturated heterocycles. The van der Waals surface area contributed by atoms with Crippen LogP contribution in [0, 0.1) is 5.82 Å². The lowest BCUT2D eigenvalue weighted by Gasteiger charge is -2.11. The number of nitrogen functional groups attached to an aromatic ring is 1. The van der Waals surface area contributed by atoms with Gasteiger partial charge in [-0.1, -0.05) is 35.5 Å². The van der Waals surface area contributed by atoms with Crippen molar-refractivity contribution in [2.75, 3.05) is 11.2 Å². The standard InChI is InChI=1S/C16H14ClFN6OS/c1-9(15(25)21-13-6-5-11(17)8-20-13)26-16-23-22-14(24(16)19)10-3-2-4-12(18)7-10/h2-9H,19H2,1H3,(H,20,21,25)/t9-/m0/s1. The van der Waals surface area contributed by atoms with Gasteiger partial charge in [0.25, 0.3) is 0 Å². The van der Waals surface area contributed by atoms with Crippen LogP contribution in [0.5, 0.6) is 0 Å². The van der Waals surface area contributed by atoms with Crippen LogP contribution in [0.25, 0.3) is 11.4 Å². The van der Waals surface area contributed by atoms with Gasteiger partial charge < -0.3 is 11.2 Å². The molecule has 0 spiro atoms. The van der Waals surface area contributed by atoms with E-state index in [-0.39, 0.29) is 5.91 Å². The Morgan fingerprint density at radius 3 is 2.85 bits per heavy atom. The molecule has 3 N–H and O–H groups in total.